The van der Waals surface area contributed by atoms with Gasteiger partial charge in [-0.1, -0.05) is 0 Å². The Kier molecular flexibility index (Phi) is 4.16. The van der Waals surface area contributed by atoms with Crippen molar-refractivity contribution in [2.75, 3.05) is 19.7 Å². The number of rotatable bonds is 2. The Balaban J connectivity index is 2.61. The summed E-state index contributed by atoms with van der Waals surface area (Å²) in [7, 11) is 0. The third-order valence-electron chi connectivity index (χ3n) is 2.70. The van der Waals surface area contributed by atoms with Crippen LogP contribution in [0.1, 0.15) is 13.8 Å². The summed E-state index contributed by atoms with van der Waals surface area (Å²) in [6.45, 7) is 4.20. The molecule has 92 valence electrons. The normalized spacial score (nSPS) is 29.8. The van der Waals surface area contributed by atoms with Gasteiger partial charge in [-0.2, -0.15) is 18.4 Å². The molecule has 1 heterocycles. The molecule has 1 aliphatic heterocycles. The van der Waals surface area contributed by atoms with E-state index in [4.69, 9.17) is 10.00 Å². The molecular weight excluding hydrogens is 221 g/mol. The van der Waals surface area contributed by atoms with Crippen LogP contribution in [0.25, 0.3) is 0 Å². The highest BCUT2D eigenvalue weighted by atomic mass is 19.4. The molecule has 0 aromatic rings. The average molecular weight is 236 g/mol. The second-order valence-electron chi connectivity index (χ2n) is 4.17. The Morgan fingerprint density at radius 1 is 1.50 bits per heavy atom. The standard InChI is InChI=1S/C10H15F3N2O/c1-7-6-16-8(2)4-15(7)5-9(3-14)10(11,12)13/h7-9H,4-6H2,1-2H3. The maximum Gasteiger partial charge on any atom is 0.405 e. The first-order valence-electron chi connectivity index (χ1n) is 5.16. The van der Waals surface area contributed by atoms with Gasteiger partial charge < -0.3 is 4.74 Å². The fourth-order valence-electron chi connectivity index (χ4n) is 1.68. The SMILES string of the molecule is CC1CN(CC(C#N)C(F)(F)F)C(C)CO1. The summed E-state index contributed by atoms with van der Waals surface area (Å²) in [6.07, 6.45) is -4.53. The van der Waals surface area contributed by atoms with Crippen molar-refractivity contribution in [3.63, 3.8) is 0 Å². The van der Waals surface area contributed by atoms with E-state index in [0.717, 1.165) is 0 Å². The highest BCUT2D eigenvalue weighted by Gasteiger charge is 2.42. The predicted octanol–water partition coefficient (Wildman–Crippen LogP) is 1.80. The number of alkyl halides is 3. The quantitative estimate of drug-likeness (QED) is 0.733. The van der Waals surface area contributed by atoms with Crippen LogP contribution < -0.4 is 0 Å². The van der Waals surface area contributed by atoms with Crippen LogP contribution in [0.5, 0.6) is 0 Å². The lowest BCUT2D eigenvalue weighted by Crippen LogP contribution is -2.50. The zero-order valence-electron chi connectivity index (χ0n) is 9.29. The molecule has 0 aliphatic carbocycles. The molecule has 1 fully saturated rings. The number of ether oxygens (including phenoxy) is 1. The van der Waals surface area contributed by atoms with Crippen LogP contribution in [0.2, 0.25) is 0 Å². The first kappa shape index (κ1) is 13.3. The summed E-state index contributed by atoms with van der Waals surface area (Å²) in [4.78, 5) is 1.66. The Bertz CT molecular complexity index is 274. The number of nitrogens with zero attached hydrogens (tertiary/aromatic N) is 2. The van der Waals surface area contributed by atoms with Gasteiger partial charge in [0.2, 0.25) is 0 Å². The van der Waals surface area contributed by atoms with E-state index in [-0.39, 0.29) is 18.7 Å². The van der Waals surface area contributed by atoms with Gasteiger partial charge in [0, 0.05) is 19.1 Å². The maximum atomic E-state index is 12.4. The molecule has 0 spiro atoms. The molecule has 3 unspecified atom stereocenters. The van der Waals surface area contributed by atoms with Crippen LogP contribution in [0.3, 0.4) is 0 Å². The van der Waals surface area contributed by atoms with Gasteiger partial charge in [-0.25, -0.2) is 0 Å². The first-order valence-corrected chi connectivity index (χ1v) is 5.16. The van der Waals surface area contributed by atoms with Crippen LogP contribution in [-0.4, -0.2) is 42.9 Å². The van der Waals surface area contributed by atoms with E-state index in [1.165, 1.54) is 6.07 Å². The molecule has 0 saturated carbocycles. The van der Waals surface area contributed by atoms with Crippen molar-refractivity contribution in [1.29, 1.82) is 5.26 Å². The molecule has 0 bridgehead atoms. The largest absolute Gasteiger partial charge is 0.405 e. The van der Waals surface area contributed by atoms with Crippen LogP contribution in [0.4, 0.5) is 13.2 Å². The second-order valence-corrected chi connectivity index (χ2v) is 4.17. The Labute approximate surface area is 92.8 Å². The third-order valence-corrected chi connectivity index (χ3v) is 2.70. The van der Waals surface area contributed by atoms with Crippen molar-refractivity contribution in [3.05, 3.63) is 0 Å². The molecular formula is C10H15F3N2O. The number of hydrogen-bond donors (Lipinski definition) is 0. The van der Waals surface area contributed by atoms with Gasteiger partial charge in [-0.05, 0) is 13.8 Å². The molecule has 0 aromatic carbocycles. The van der Waals surface area contributed by atoms with E-state index in [0.29, 0.717) is 13.2 Å². The number of hydrogen-bond acceptors (Lipinski definition) is 3. The minimum Gasteiger partial charge on any atom is -0.376 e. The number of morpholine rings is 1. The summed E-state index contributed by atoms with van der Waals surface area (Å²) >= 11 is 0. The Hall–Kier alpha value is -0.800. The van der Waals surface area contributed by atoms with Gasteiger partial charge in [0.05, 0.1) is 18.8 Å². The van der Waals surface area contributed by atoms with Crippen molar-refractivity contribution in [2.45, 2.75) is 32.2 Å². The fraction of sp³-hybridized carbons (Fsp3) is 0.900. The van der Waals surface area contributed by atoms with Crippen LogP contribution >= 0.6 is 0 Å². The molecule has 1 saturated heterocycles. The minimum atomic E-state index is -4.45. The smallest absolute Gasteiger partial charge is 0.376 e. The van der Waals surface area contributed by atoms with Crippen LogP contribution in [0, 0.1) is 17.2 Å². The summed E-state index contributed by atoms with van der Waals surface area (Å²) < 4.78 is 42.6. The van der Waals surface area contributed by atoms with Gasteiger partial charge in [-0.15, -0.1) is 0 Å². The Morgan fingerprint density at radius 3 is 2.62 bits per heavy atom. The number of nitriles is 1. The van der Waals surface area contributed by atoms with Crippen molar-refractivity contribution in [2.24, 2.45) is 5.92 Å². The van der Waals surface area contributed by atoms with E-state index >= 15 is 0 Å². The highest BCUT2D eigenvalue weighted by molar-refractivity contribution is 4.92. The zero-order valence-corrected chi connectivity index (χ0v) is 9.29. The lowest BCUT2D eigenvalue weighted by Gasteiger charge is -2.37. The maximum absolute atomic E-state index is 12.4. The van der Waals surface area contributed by atoms with E-state index in [9.17, 15) is 13.2 Å². The van der Waals surface area contributed by atoms with Gasteiger partial charge >= 0.3 is 6.18 Å². The van der Waals surface area contributed by atoms with Crippen molar-refractivity contribution in [1.82, 2.24) is 4.90 Å². The summed E-state index contributed by atoms with van der Waals surface area (Å²) in [5, 5.41) is 8.52. The summed E-state index contributed by atoms with van der Waals surface area (Å²) in [5.74, 6) is -1.92. The molecule has 0 amide bonds. The molecule has 16 heavy (non-hydrogen) atoms. The zero-order chi connectivity index (χ0) is 12.3. The van der Waals surface area contributed by atoms with E-state index in [1.54, 1.807) is 11.8 Å². The van der Waals surface area contributed by atoms with Gasteiger partial charge in [0.25, 0.3) is 0 Å². The lowest BCUT2D eigenvalue weighted by molar-refractivity contribution is -0.169. The van der Waals surface area contributed by atoms with E-state index in [2.05, 4.69) is 0 Å². The molecule has 3 atom stereocenters. The number of halogens is 3. The van der Waals surface area contributed by atoms with E-state index < -0.39 is 12.1 Å². The fourth-order valence-corrected chi connectivity index (χ4v) is 1.68. The first-order chi connectivity index (χ1) is 7.34. The second kappa shape index (κ2) is 5.02. The van der Waals surface area contributed by atoms with Crippen molar-refractivity contribution in [3.8, 4) is 6.07 Å². The summed E-state index contributed by atoms with van der Waals surface area (Å²) in [5.41, 5.74) is 0. The topological polar surface area (TPSA) is 36.3 Å². The van der Waals surface area contributed by atoms with Gasteiger partial charge in [-0.3, -0.25) is 4.90 Å². The molecule has 0 radical (unpaired) electrons. The molecule has 1 aliphatic rings. The molecule has 0 aromatic heterocycles. The van der Waals surface area contributed by atoms with Gasteiger partial charge in [0.1, 0.15) is 0 Å². The minimum absolute atomic E-state index is 0.0746. The average Bonchev–Trinajstić information content (AvgIpc) is 2.17. The van der Waals surface area contributed by atoms with Crippen LogP contribution in [0.15, 0.2) is 0 Å². The van der Waals surface area contributed by atoms with Crippen LogP contribution in [-0.2, 0) is 4.74 Å². The van der Waals surface area contributed by atoms with Crippen molar-refractivity contribution < 1.29 is 17.9 Å². The Morgan fingerprint density at radius 2 is 2.12 bits per heavy atom. The summed E-state index contributed by atoms with van der Waals surface area (Å²) in [6, 6.07) is 1.24. The van der Waals surface area contributed by atoms with E-state index in [1.807, 2.05) is 6.92 Å². The molecule has 0 N–H and O–H groups in total. The molecule has 6 heteroatoms. The predicted molar refractivity (Wildman–Crippen MR) is 51.6 cm³/mol. The lowest BCUT2D eigenvalue weighted by atomic mass is 10.1. The highest BCUT2D eigenvalue weighted by Crippen LogP contribution is 2.27. The van der Waals surface area contributed by atoms with Gasteiger partial charge in [0.15, 0.2) is 5.92 Å². The third kappa shape index (κ3) is 3.35. The molecule has 1 rings (SSSR count). The monoisotopic (exact) mass is 236 g/mol. The van der Waals surface area contributed by atoms with Crippen molar-refractivity contribution >= 4 is 0 Å². The molecule has 3 nitrogen and oxygen atoms in total.